The van der Waals surface area contributed by atoms with Gasteiger partial charge in [-0.3, -0.25) is 0 Å². The fourth-order valence-electron chi connectivity index (χ4n) is 1.91. The molecule has 3 heteroatoms. The summed E-state index contributed by atoms with van der Waals surface area (Å²) in [7, 11) is 1.45. The Kier molecular flexibility index (Phi) is 4.33. The molecule has 2 rings (SSSR count). The van der Waals surface area contributed by atoms with Crippen LogP contribution < -0.4 is 0 Å². The number of hydrogen-bond donors (Lipinski definition) is 0. The van der Waals surface area contributed by atoms with E-state index in [-0.39, 0.29) is 5.97 Å². The van der Waals surface area contributed by atoms with Crippen LogP contribution in [0.15, 0.2) is 0 Å². The highest BCUT2D eigenvalue weighted by Gasteiger charge is 2.24. The summed E-state index contributed by atoms with van der Waals surface area (Å²) in [5.41, 5.74) is 2.08. The van der Waals surface area contributed by atoms with Crippen LogP contribution in [0.5, 0.6) is 0 Å². The van der Waals surface area contributed by atoms with Gasteiger partial charge in [0.15, 0.2) is 0 Å². The molecule has 0 N–H and O–H groups in total. The van der Waals surface area contributed by atoms with E-state index in [2.05, 4.69) is 0 Å². The second kappa shape index (κ2) is 5.31. The Morgan fingerprint density at radius 1 is 1.33 bits per heavy atom. The molecule has 15 heavy (non-hydrogen) atoms. The summed E-state index contributed by atoms with van der Waals surface area (Å²) in [5.74, 6) is -0.170. The smallest absolute Gasteiger partial charge is 0.339 e. The Hall–Kier alpha value is -0.830. The van der Waals surface area contributed by atoms with E-state index in [1.165, 1.54) is 24.0 Å². The molecule has 1 aromatic rings. The summed E-state index contributed by atoms with van der Waals surface area (Å²) in [4.78, 5) is 13.9. The third kappa shape index (κ3) is 2.23. The Bertz CT molecular complexity index is 353. The van der Waals surface area contributed by atoms with Gasteiger partial charge in [-0.2, -0.15) is 0 Å². The zero-order valence-corrected chi connectivity index (χ0v) is 10.7. The lowest BCUT2D eigenvalue weighted by Crippen LogP contribution is -2.04. The maximum atomic E-state index is 11.4. The molecule has 0 saturated heterocycles. The number of esters is 1. The molecule has 0 amide bonds. The van der Waals surface area contributed by atoms with Crippen LogP contribution in [-0.4, -0.2) is 13.1 Å². The number of thiophene rings is 1. The maximum absolute atomic E-state index is 11.4. The fourth-order valence-corrected chi connectivity index (χ4v) is 3.16. The number of carbonyl (C=O) groups excluding carboxylic acids is 1. The highest BCUT2D eigenvalue weighted by atomic mass is 32.1. The van der Waals surface area contributed by atoms with Crippen LogP contribution in [0.25, 0.3) is 0 Å². The van der Waals surface area contributed by atoms with Crippen molar-refractivity contribution in [3.8, 4) is 0 Å². The van der Waals surface area contributed by atoms with Gasteiger partial charge in [0.1, 0.15) is 0 Å². The molecule has 84 valence electrons. The average Bonchev–Trinajstić information content (AvgIpc) is 2.79. The third-order valence-corrected chi connectivity index (χ3v) is 3.69. The minimum absolute atomic E-state index is 0.170. The molecule has 2 nitrogen and oxygen atoms in total. The Morgan fingerprint density at radius 3 is 2.60 bits per heavy atom. The molecule has 0 unspecified atom stereocenters. The van der Waals surface area contributed by atoms with Crippen molar-refractivity contribution in [2.45, 2.75) is 40.0 Å². The Balaban J connectivity index is 0.000000531. The van der Waals surface area contributed by atoms with Gasteiger partial charge in [-0.25, -0.2) is 4.79 Å². The second-order valence-corrected chi connectivity index (χ2v) is 4.59. The van der Waals surface area contributed by atoms with Crippen LogP contribution >= 0.6 is 11.3 Å². The van der Waals surface area contributed by atoms with Gasteiger partial charge in [0, 0.05) is 9.75 Å². The number of aryl methyl sites for hydroxylation is 2. The van der Waals surface area contributed by atoms with Crippen LogP contribution in [0.3, 0.4) is 0 Å². The number of hydrogen-bond acceptors (Lipinski definition) is 3. The molecule has 0 atom stereocenters. The lowest BCUT2D eigenvalue weighted by molar-refractivity contribution is 0.0599. The number of methoxy groups -OCH3 is 1. The molecule has 1 heterocycles. The van der Waals surface area contributed by atoms with Crippen molar-refractivity contribution < 1.29 is 9.53 Å². The van der Waals surface area contributed by atoms with E-state index in [1.54, 1.807) is 11.3 Å². The van der Waals surface area contributed by atoms with E-state index in [4.69, 9.17) is 4.74 Å². The van der Waals surface area contributed by atoms with E-state index in [9.17, 15) is 4.79 Å². The lowest BCUT2D eigenvalue weighted by atomic mass is 10.1. The van der Waals surface area contributed by atoms with Crippen LogP contribution in [0.2, 0.25) is 0 Å². The summed E-state index contributed by atoms with van der Waals surface area (Å²) >= 11 is 1.75. The van der Waals surface area contributed by atoms with Crippen molar-refractivity contribution in [2.24, 2.45) is 0 Å². The second-order valence-electron chi connectivity index (χ2n) is 3.28. The molecule has 1 aliphatic rings. The van der Waals surface area contributed by atoms with Crippen molar-refractivity contribution in [3.63, 3.8) is 0 Å². The molecule has 0 aliphatic heterocycles. The quantitative estimate of drug-likeness (QED) is 0.686. The summed E-state index contributed by atoms with van der Waals surface area (Å²) in [5, 5.41) is 0. The molecule has 0 fully saturated rings. The predicted octanol–water partition coefficient (Wildman–Crippen LogP) is 3.36. The molecular weight excluding hydrogens is 208 g/mol. The minimum Gasteiger partial charge on any atom is -0.465 e. The first-order valence-corrected chi connectivity index (χ1v) is 6.25. The molecule has 1 aliphatic carbocycles. The molecular formula is C12H18O2S. The van der Waals surface area contributed by atoms with Crippen molar-refractivity contribution in [1.82, 2.24) is 0 Å². The van der Waals surface area contributed by atoms with E-state index in [0.717, 1.165) is 23.3 Å². The molecule has 0 aromatic carbocycles. The summed E-state index contributed by atoms with van der Waals surface area (Å²) in [6.07, 6.45) is 3.37. The van der Waals surface area contributed by atoms with E-state index in [0.29, 0.717) is 0 Å². The standard InChI is InChI=1S/C10H12O2S.C2H6/c1-6-9(10(11)12-2)7-4-3-5-8(7)13-6;1-2/h3-5H2,1-2H3;1-2H3. The first kappa shape index (κ1) is 12.2. The summed E-state index contributed by atoms with van der Waals surface area (Å²) in [6, 6.07) is 0. The summed E-state index contributed by atoms with van der Waals surface area (Å²) in [6.45, 7) is 6.00. The van der Waals surface area contributed by atoms with Gasteiger partial charge in [-0.05, 0) is 31.7 Å². The van der Waals surface area contributed by atoms with Crippen LogP contribution in [0.4, 0.5) is 0 Å². The van der Waals surface area contributed by atoms with E-state index < -0.39 is 0 Å². The van der Waals surface area contributed by atoms with Gasteiger partial charge < -0.3 is 4.74 Å². The zero-order valence-electron chi connectivity index (χ0n) is 9.85. The number of ether oxygens (including phenoxy) is 1. The Morgan fingerprint density at radius 2 is 2.00 bits per heavy atom. The van der Waals surface area contributed by atoms with Gasteiger partial charge in [-0.15, -0.1) is 11.3 Å². The number of fused-ring (bicyclic) bond motifs is 1. The van der Waals surface area contributed by atoms with Crippen molar-refractivity contribution in [1.29, 1.82) is 0 Å². The van der Waals surface area contributed by atoms with Gasteiger partial charge in [0.25, 0.3) is 0 Å². The SMILES string of the molecule is CC.COC(=O)c1c(C)sc2c1CCC2. The van der Waals surface area contributed by atoms with E-state index in [1.807, 2.05) is 20.8 Å². The van der Waals surface area contributed by atoms with Gasteiger partial charge >= 0.3 is 5.97 Å². The van der Waals surface area contributed by atoms with Crippen LogP contribution in [0, 0.1) is 6.92 Å². The molecule has 0 spiro atoms. The zero-order chi connectivity index (χ0) is 11.4. The topological polar surface area (TPSA) is 26.3 Å². The van der Waals surface area contributed by atoms with Gasteiger partial charge in [0.05, 0.1) is 12.7 Å². The van der Waals surface area contributed by atoms with Crippen molar-refractivity contribution >= 4 is 17.3 Å². The number of rotatable bonds is 1. The monoisotopic (exact) mass is 226 g/mol. The van der Waals surface area contributed by atoms with Gasteiger partial charge in [-0.1, -0.05) is 13.8 Å². The van der Waals surface area contributed by atoms with E-state index >= 15 is 0 Å². The van der Waals surface area contributed by atoms with Crippen molar-refractivity contribution in [3.05, 3.63) is 20.9 Å². The van der Waals surface area contributed by atoms with Crippen LogP contribution in [-0.2, 0) is 17.6 Å². The Labute approximate surface area is 95.3 Å². The highest BCUT2D eigenvalue weighted by Crippen LogP contribution is 2.35. The molecule has 0 saturated carbocycles. The van der Waals surface area contributed by atoms with Crippen LogP contribution in [0.1, 0.15) is 45.9 Å². The minimum atomic E-state index is -0.170. The molecule has 0 radical (unpaired) electrons. The van der Waals surface area contributed by atoms with Crippen molar-refractivity contribution in [2.75, 3.05) is 7.11 Å². The largest absolute Gasteiger partial charge is 0.465 e. The third-order valence-electron chi connectivity index (χ3n) is 2.49. The fraction of sp³-hybridized carbons (Fsp3) is 0.583. The molecule has 1 aromatic heterocycles. The predicted molar refractivity (Wildman–Crippen MR) is 63.8 cm³/mol. The highest BCUT2D eigenvalue weighted by molar-refractivity contribution is 7.12. The normalized spacial score (nSPS) is 12.8. The first-order chi connectivity index (χ1) is 7.24. The lowest BCUT2D eigenvalue weighted by Gasteiger charge is -2.00. The van der Waals surface area contributed by atoms with Gasteiger partial charge in [0.2, 0.25) is 0 Å². The summed E-state index contributed by atoms with van der Waals surface area (Å²) < 4.78 is 4.77. The first-order valence-electron chi connectivity index (χ1n) is 5.43. The number of carbonyl (C=O) groups is 1. The average molecular weight is 226 g/mol. The maximum Gasteiger partial charge on any atom is 0.339 e. The molecule has 0 bridgehead atoms.